The van der Waals surface area contributed by atoms with E-state index in [9.17, 15) is 0 Å². The Labute approximate surface area is 102 Å². The maximum absolute atomic E-state index is 5.53. The maximum atomic E-state index is 5.53. The van der Waals surface area contributed by atoms with E-state index in [0.29, 0.717) is 6.54 Å². The lowest BCUT2D eigenvalue weighted by Gasteiger charge is -2.09. The average Bonchev–Trinajstić information content (AvgIpc) is 2.72. The summed E-state index contributed by atoms with van der Waals surface area (Å²) in [6, 6.07) is 6.39. The minimum absolute atomic E-state index is 0.676. The van der Waals surface area contributed by atoms with Crippen molar-refractivity contribution in [2.45, 2.75) is 26.8 Å². The minimum atomic E-state index is 0.676. The van der Waals surface area contributed by atoms with Gasteiger partial charge in [-0.05, 0) is 49.1 Å². The molecular formula is C14H19N3. The van der Waals surface area contributed by atoms with Gasteiger partial charge in [-0.1, -0.05) is 18.2 Å². The number of hydrogen-bond donors (Lipinski definition) is 1. The average molecular weight is 229 g/mol. The molecule has 17 heavy (non-hydrogen) atoms. The molecule has 0 unspecified atom stereocenters. The summed E-state index contributed by atoms with van der Waals surface area (Å²) in [4.78, 5) is 0. The molecule has 1 heterocycles. The predicted octanol–water partition coefficient (Wildman–Crippen LogP) is 2.05. The molecule has 0 saturated heterocycles. The van der Waals surface area contributed by atoms with Gasteiger partial charge in [0.2, 0.25) is 0 Å². The first-order valence-electron chi connectivity index (χ1n) is 5.97. The van der Waals surface area contributed by atoms with Crippen LogP contribution in [0.2, 0.25) is 0 Å². The van der Waals surface area contributed by atoms with Crippen molar-refractivity contribution in [1.29, 1.82) is 0 Å². The van der Waals surface area contributed by atoms with Gasteiger partial charge in [0.25, 0.3) is 0 Å². The van der Waals surface area contributed by atoms with E-state index in [0.717, 1.165) is 13.0 Å². The van der Waals surface area contributed by atoms with Crippen LogP contribution >= 0.6 is 0 Å². The van der Waals surface area contributed by atoms with Gasteiger partial charge in [-0.15, -0.1) is 0 Å². The standard InChI is InChI=1S/C14H19N3/c1-11-4-3-5-12(2)14(11)10-17-9-13(6-7-15)8-16-17/h3-5,8-9H,6-7,10,15H2,1-2H3. The fourth-order valence-corrected chi connectivity index (χ4v) is 2.05. The van der Waals surface area contributed by atoms with Crippen LogP contribution in [0.5, 0.6) is 0 Å². The number of nitrogens with two attached hydrogens (primary N) is 1. The Balaban J connectivity index is 2.19. The Kier molecular flexibility index (Phi) is 3.59. The maximum Gasteiger partial charge on any atom is 0.0664 e. The highest BCUT2D eigenvalue weighted by Crippen LogP contribution is 2.14. The zero-order chi connectivity index (χ0) is 12.3. The van der Waals surface area contributed by atoms with Crippen LogP contribution in [0.4, 0.5) is 0 Å². The van der Waals surface area contributed by atoms with Crippen LogP contribution in [0, 0.1) is 13.8 Å². The van der Waals surface area contributed by atoms with Gasteiger partial charge in [0.1, 0.15) is 0 Å². The summed E-state index contributed by atoms with van der Waals surface area (Å²) in [6.45, 7) is 5.80. The molecule has 0 amide bonds. The SMILES string of the molecule is Cc1cccc(C)c1Cn1cc(CCN)cn1. The van der Waals surface area contributed by atoms with Crippen molar-refractivity contribution in [3.05, 3.63) is 52.8 Å². The number of aromatic nitrogens is 2. The Morgan fingerprint density at radius 3 is 2.59 bits per heavy atom. The largest absolute Gasteiger partial charge is 0.330 e. The molecule has 0 saturated carbocycles. The van der Waals surface area contributed by atoms with Gasteiger partial charge in [-0.25, -0.2) is 0 Å². The molecule has 0 aliphatic heterocycles. The fraction of sp³-hybridized carbons (Fsp3) is 0.357. The first-order valence-corrected chi connectivity index (χ1v) is 5.97. The molecule has 1 aromatic heterocycles. The Hall–Kier alpha value is -1.61. The van der Waals surface area contributed by atoms with Crippen molar-refractivity contribution in [1.82, 2.24) is 9.78 Å². The van der Waals surface area contributed by atoms with Crippen molar-refractivity contribution >= 4 is 0 Å². The highest BCUT2D eigenvalue weighted by Gasteiger charge is 2.04. The molecule has 0 atom stereocenters. The molecule has 0 radical (unpaired) electrons. The molecule has 90 valence electrons. The van der Waals surface area contributed by atoms with E-state index in [1.54, 1.807) is 0 Å². The van der Waals surface area contributed by atoms with Gasteiger partial charge in [0, 0.05) is 6.20 Å². The molecule has 1 aromatic carbocycles. The lowest BCUT2D eigenvalue weighted by Crippen LogP contribution is -2.04. The van der Waals surface area contributed by atoms with Gasteiger partial charge in [-0.3, -0.25) is 4.68 Å². The monoisotopic (exact) mass is 229 g/mol. The second-order valence-corrected chi connectivity index (χ2v) is 4.46. The van der Waals surface area contributed by atoms with Crippen molar-refractivity contribution in [3.8, 4) is 0 Å². The molecule has 2 N–H and O–H groups in total. The lowest BCUT2D eigenvalue weighted by atomic mass is 10.0. The zero-order valence-corrected chi connectivity index (χ0v) is 10.5. The summed E-state index contributed by atoms with van der Waals surface area (Å²) in [5, 5.41) is 4.37. The summed E-state index contributed by atoms with van der Waals surface area (Å²) in [5.41, 5.74) is 10.7. The molecule has 3 nitrogen and oxygen atoms in total. The van der Waals surface area contributed by atoms with Gasteiger partial charge < -0.3 is 5.73 Å². The van der Waals surface area contributed by atoms with Gasteiger partial charge in [-0.2, -0.15) is 5.10 Å². The van der Waals surface area contributed by atoms with E-state index in [-0.39, 0.29) is 0 Å². The van der Waals surface area contributed by atoms with Crippen molar-refractivity contribution < 1.29 is 0 Å². The Bertz CT molecular complexity index is 480. The molecule has 3 heteroatoms. The number of hydrogen-bond acceptors (Lipinski definition) is 2. The van der Waals surface area contributed by atoms with Gasteiger partial charge in [0.15, 0.2) is 0 Å². The number of rotatable bonds is 4. The van der Waals surface area contributed by atoms with Crippen LogP contribution in [0.15, 0.2) is 30.6 Å². The van der Waals surface area contributed by atoms with Crippen LogP contribution in [-0.4, -0.2) is 16.3 Å². The van der Waals surface area contributed by atoms with E-state index < -0.39 is 0 Å². The normalized spacial score (nSPS) is 10.8. The summed E-state index contributed by atoms with van der Waals surface area (Å²) >= 11 is 0. The first-order chi connectivity index (χ1) is 8.20. The third kappa shape index (κ3) is 2.74. The van der Waals surface area contributed by atoms with Crippen molar-refractivity contribution in [2.24, 2.45) is 5.73 Å². The van der Waals surface area contributed by atoms with Crippen LogP contribution in [0.1, 0.15) is 22.3 Å². The van der Waals surface area contributed by atoms with E-state index in [2.05, 4.69) is 43.3 Å². The third-order valence-electron chi connectivity index (χ3n) is 3.08. The van der Waals surface area contributed by atoms with Gasteiger partial charge in [0.05, 0.1) is 12.7 Å². The van der Waals surface area contributed by atoms with Crippen molar-refractivity contribution in [3.63, 3.8) is 0 Å². The molecule has 0 aliphatic rings. The first kappa shape index (κ1) is 11.9. The zero-order valence-electron chi connectivity index (χ0n) is 10.5. The van der Waals surface area contributed by atoms with Gasteiger partial charge >= 0.3 is 0 Å². The van der Waals surface area contributed by atoms with Crippen molar-refractivity contribution in [2.75, 3.05) is 6.54 Å². The predicted molar refractivity (Wildman–Crippen MR) is 70.0 cm³/mol. The van der Waals surface area contributed by atoms with E-state index in [1.807, 2.05) is 10.9 Å². The van der Waals surface area contributed by atoms with E-state index in [4.69, 9.17) is 5.73 Å². The number of benzene rings is 1. The van der Waals surface area contributed by atoms with Crippen LogP contribution in [0.3, 0.4) is 0 Å². The third-order valence-corrected chi connectivity index (χ3v) is 3.08. The lowest BCUT2D eigenvalue weighted by molar-refractivity contribution is 0.680. The molecule has 0 fully saturated rings. The molecule has 2 rings (SSSR count). The smallest absolute Gasteiger partial charge is 0.0664 e. The number of nitrogens with zero attached hydrogens (tertiary/aromatic N) is 2. The second-order valence-electron chi connectivity index (χ2n) is 4.46. The highest BCUT2D eigenvalue weighted by atomic mass is 15.3. The highest BCUT2D eigenvalue weighted by molar-refractivity contribution is 5.33. The van der Waals surface area contributed by atoms with E-state index >= 15 is 0 Å². The summed E-state index contributed by atoms with van der Waals surface area (Å²) in [5.74, 6) is 0. The molecule has 0 spiro atoms. The Morgan fingerprint density at radius 1 is 1.24 bits per heavy atom. The number of aryl methyl sites for hydroxylation is 2. The fourth-order valence-electron chi connectivity index (χ4n) is 2.05. The quantitative estimate of drug-likeness (QED) is 0.872. The topological polar surface area (TPSA) is 43.8 Å². The molecule has 0 bridgehead atoms. The van der Waals surface area contributed by atoms with Crippen LogP contribution in [0.25, 0.3) is 0 Å². The Morgan fingerprint density at radius 2 is 1.94 bits per heavy atom. The summed E-state index contributed by atoms with van der Waals surface area (Å²) < 4.78 is 1.99. The second kappa shape index (κ2) is 5.15. The molecule has 0 aliphatic carbocycles. The molecular weight excluding hydrogens is 210 g/mol. The minimum Gasteiger partial charge on any atom is -0.330 e. The van der Waals surface area contributed by atoms with Crippen LogP contribution in [-0.2, 0) is 13.0 Å². The summed E-state index contributed by atoms with van der Waals surface area (Å²) in [6.07, 6.45) is 4.88. The summed E-state index contributed by atoms with van der Waals surface area (Å²) in [7, 11) is 0. The molecule has 2 aromatic rings. The van der Waals surface area contributed by atoms with Crippen LogP contribution < -0.4 is 5.73 Å². The van der Waals surface area contributed by atoms with E-state index in [1.165, 1.54) is 22.3 Å².